The van der Waals surface area contributed by atoms with E-state index in [0.29, 0.717) is 16.6 Å². The number of nitrogens with zero attached hydrogens (tertiary/aromatic N) is 5. The summed E-state index contributed by atoms with van der Waals surface area (Å²) in [5, 5.41) is 7.20. The normalized spacial score (nSPS) is 27.6. The molecule has 0 saturated carbocycles. The van der Waals surface area contributed by atoms with Crippen LogP contribution in [0.4, 0.5) is 5.82 Å². The van der Waals surface area contributed by atoms with Gasteiger partial charge in [-0.05, 0) is 12.1 Å². The van der Waals surface area contributed by atoms with E-state index in [-0.39, 0.29) is 10.7 Å². The van der Waals surface area contributed by atoms with Crippen LogP contribution in [0.2, 0.25) is 0 Å². The molecule has 0 atom stereocenters. The van der Waals surface area contributed by atoms with Gasteiger partial charge < -0.3 is 10.1 Å². The lowest BCUT2D eigenvalue weighted by molar-refractivity contribution is -0.118. The van der Waals surface area contributed by atoms with Gasteiger partial charge in [-0.1, -0.05) is 0 Å². The van der Waals surface area contributed by atoms with Crippen molar-refractivity contribution < 1.29 is 20.5 Å². The third kappa shape index (κ3) is 3.71. The molecule has 1 amide bonds. The highest BCUT2D eigenvalue weighted by Crippen LogP contribution is 2.21. The summed E-state index contributed by atoms with van der Waals surface area (Å²) in [5.41, 5.74) is 1.92. The van der Waals surface area contributed by atoms with Gasteiger partial charge in [0.25, 0.3) is 0 Å². The first-order valence-electron chi connectivity index (χ1n) is 11.7. The molecule has 8 nitrogen and oxygen atoms in total. The van der Waals surface area contributed by atoms with Crippen molar-refractivity contribution in [3.8, 4) is 11.3 Å². The fourth-order valence-electron chi connectivity index (χ4n) is 2.41. The second kappa shape index (κ2) is 7.19. The summed E-state index contributed by atoms with van der Waals surface area (Å²) in [5.74, 6) is -0.884. The van der Waals surface area contributed by atoms with Gasteiger partial charge in [-0.15, -0.1) is 0 Å². The van der Waals surface area contributed by atoms with Gasteiger partial charge in [0, 0.05) is 54.9 Å². The summed E-state index contributed by atoms with van der Waals surface area (Å²) in [4.78, 5) is 21.5. The van der Waals surface area contributed by atoms with Crippen molar-refractivity contribution in [3.63, 3.8) is 0 Å². The third-order valence-corrected chi connectivity index (χ3v) is 3.61. The molecular formula is C18H20N6O2. The van der Waals surface area contributed by atoms with Gasteiger partial charge in [0.1, 0.15) is 5.82 Å². The predicted molar refractivity (Wildman–Crippen MR) is 97.6 cm³/mol. The first-order chi connectivity index (χ1) is 15.6. The quantitative estimate of drug-likeness (QED) is 0.755. The van der Waals surface area contributed by atoms with Crippen LogP contribution in [0.3, 0.4) is 0 Å². The molecule has 1 fully saturated rings. The van der Waals surface area contributed by atoms with Crippen LogP contribution in [0.15, 0.2) is 36.8 Å². The summed E-state index contributed by atoms with van der Waals surface area (Å²) in [6.07, 6.45) is 4.91. The highest BCUT2D eigenvalue weighted by atomic mass is 16.5. The molecule has 0 radical (unpaired) electrons. The van der Waals surface area contributed by atoms with Crippen molar-refractivity contribution in [1.82, 2.24) is 24.6 Å². The van der Waals surface area contributed by atoms with Crippen LogP contribution in [-0.2, 0) is 16.6 Å². The molecule has 26 heavy (non-hydrogen) atoms. The molecule has 0 aliphatic carbocycles. The number of nitrogens with one attached hydrogen (secondary N) is 1. The lowest BCUT2D eigenvalue weighted by Gasteiger charge is -2.25. The van der Waals surface area contributed by atoms with Crippen molar-refractivity contribution in [2.75, 3.05) is 38.0 Å². The van der Waals surface area contributed by atoms with Crippen LogP contribution in [0, 0.1) is 0 Å². The first-order valence-corrected chi connectivity index (χ1v) is 7.68. The minimum absolute atomic E-state index is 0.0498. The molecule has 1 N–H and O–H groups in total. The smallest absolute Gasteiger partial charge is 0.239 e. The van der Waals surface area contributed by atoms with Crippen LogP contribution in [0.25, 0.3) is 22.2 Å². The number of aryl methyl sites for hydroxylation is 1. The second-order valence-electron chi connectivity index (χ2n) is 5.53. The van der Waals surface area contributed by atoms with Crippen molar-refractivity contribution >= 4 is 22.6 Å². The highest BCUT2D eigenvalue weighted by Gasteiger charge is 2.14. The Morgan fingerprint density at radius 2 is 2.19 bits per heavy atom. The van der Waals surface area contributed by atoms with Crippen LogP contribution in [0.1, 0.15) is 11.0 Å². The van der Waals surface area contributed by atoms with Gasteiger partial charge in [-0.25, -0.2) is 9.97 Å². The lowest BCUT2D eigenvalue weighted by Crippen LogP contribution is -2.41. The molecule has 8 heteroatoms. The van der Waals surface area contributed by atoms with Gasteiger partial charge in [-0.3, -0.25) is 14.4 Å². The zero-order valence-corrected chi connectivity index (χ0v) is 13.7. The fourth-order valence-corrected chi connectivity index (χ4v) is 2.41. The minimum atomic E-state index is -3.23. The summed E-state index contributed by atoms with van der Waals surface area (Å²) in [6, 6.07) is 5.07. The predicted octanol–water partition coefficient (Wildman–Crippen LogP) is 1.30. The Bertz CT molecular complexity index is 1240. The number of hydrogen-bond donors (Lipinski definition) is 1. The number of ether oxygens (including phenoxy) is 1. The van der Waals surface area contributed by atoms with Gasteiger partial charge >= 0.3 is 0 Å². The maximum Gasteiger partial charge on any atom is 0.239 e. The Morgan fingerprint density at radius 3 is 2.96 bits per heavy atom. The first kappa shape index (κ1) is 9.75. The van der Waals surface area contributed by atoms with E-state index >= 15 is 0 Å². The van der Waals surface area contributed by atoms with E-state index in [0.717, 1.165) is 5.56 Å². The van der Waals surface area contributed by atoms with Crippen molar-refractivity contribution in [2.24, 2.45) is 7.05 Å². The molecule has 4 heterocycles. The molecule has 0 spiro atoms. The number of morpholine rings is 1. The number of carbonyl (C=O) groups excluding carboxylic acids is 1. The molecule has 1 saturated heterocycles. The molecule has 1 aliphatic rings. The van der Waals surface area contributed by atoms with Crippen molar-refractivity contribution in [3.05, 3.63) is 36.8 Å². The SMILES string of the molecule is [2H]C1([2H])OC([2H])([2H])C([2H])([2H])N(CC(=O)Nc2cc3nc(-c4cnn(C)c4)ccc3cn2)C1([2H])[2H]. The summed E-state index contributed by atoms with van der Waals surface area (Å²) < 4.78 is 68.8. The zero-order valence-electron chi connectivity index (χ0n) is 21.7. The van der Waals surface area contributed by atoms with E-state index in [1.165, 1.54) is 12.3 Å². The number of carbonyl (C=O) groups is 1. The lowest BCUT2D eigenvalue weighted by atomic mass is 10.2. The Morgan fingerprint density at radius 1 is 1.35 bits per heavy atom. The molecule has 0 aromatic carbocycles. The van der Waals surface area contributed by atoms with E-state index in [4.69, 9.17) is 11.0 Å². The summed E-state index contributed by atoms with van der Waals surface area (Å²) in [7, 11) is 1.78. The molecular weight excluding hydrogens is 332 g/mol. The molecule has 0 bridgehead atoms. The number of fused-ring (bicyclic) bond motifs is 1. The third-order valence-electron chi connectivity index (χ3n) is 3.61. The Labute approximate surface area is 162 Å². The fraction of sp³-hybridized carbons (Fsp3) is 0.333. The largest absolute Gasteiger partial charge is 0.379 e. The number of hydrogen-bond acceptors (Lipinski definition) is 6. The number of pyridine rings is 2. The summed E-state index contributed by atoms with van der Waals surface area (Å²) in [6.45, 7) is -13.8. The van der Waals surface area contributed by atoms with Gasteiger partial charge in [0.05, 0.1) is 42.6 Å². The van der Waals surface area contributed by atoms with Crippen LogP contribution in [0.5, 0.6) is 0 Å². The van der Waals surface area contributed by atoms with E-state index in [1.807, 2.05) is 0 Å². The monoisotopic (exact) mass is 360 g/mol. The van der Waals surface area contributed by atoms with Crippen molar-refractivity contribution in [2.45, 2.75) is 0 Å². The molecule has 3 aromatic heterocycles. The number of amides is 1. The van der Waals surface area contributed by atoms with E-state index in [9.17, 15) is 4.79 Å². The Hall–Kier alpha value is -2.84. The second-order valence-corrected chi connectivity index (χ2v) is 5.53. The van der Waals surface area contributed by atoms with Gasteiger partial charge in [-0.2, -0.15) is 5.10 Å². The van der Waals surface area contributed by atoms with Crippen LogP contribution >= 0.6 is 0 Å². The maximum atomic E-state index is 12.7. The molecule has 134 valence electrons. The Kier molecular flexibility index (Phi) is 2.69. The van der Waals surface area contributed by atoms with Gasteiger partial charge in [0.15, 0.2) is 0 Å². The number of rotatable bonds is 4. The molecule has 1 aliphatic heterocycles. The van der Waals surface area contributed by atoms with Crippen molar-refractivity contribution in [1.29, 1.82) is 0 Å². The maximum absolute atomic E-state index is 12.7. The topological polar surface area (TPSA) is 85.2 Å². The van der Waals surface area contributed by atoms with E-state index in [2.05, 4.69) is 25.1 Å². The minimum Gasteiger partial charge on any atom is -0.379 e. The standard InChI is InChI=1S/C18H20N6O2/c1-23-11-14(10-20-23)15-3-2-13-9-19-17(8-16(13)21-15)22-18(25)12-24-4-6-26-7-5-24/h2-3,8-11H,4-7,12H2,1H3,(H,19,22,25)/i4D2,5D2,6D2,7D2. The van der Waals surface area contributed by atoms with Gasteiger partial charge in [0.2, 0.25) is 5.91 Å². The summed E-state index contributed by atoms with van der Waals surface area (Å²) >= 11 is 0. The highest BCUT2D eigenvalue weighted by molar-refractivity contribution is 5.93. The van der Waals surface area contributed by atoms with E-state index < -0.39 is 38.6 Å². The average Bonchev–Trinajstić information content (AvgIpc) is 3.16. The number of anilines is 1. The Balaban J connectivity index is 1.58. The number of aromatic nitrogens is 4. The zero-order chi connectivity index (χ0) is 25.1. The average molecular weight is 360 g/mol. The molecule has 0 unspecified atom stereocenters. The van der Waals surface area contributed by atoms with E-state index in [1.54, 1.807) is 36.3 Å². The van der Waals surface area contributed by atoms with Crippen LogP contribution < -0.4 is 5.32 Å². The molecule has 3 aromatic rings. The molecule has 4 rings (SSSR count). The van der Waals surface area contributed by atoms with Crippen LogP contribution in [-0.4, -0.2) is 63.2 Å².